The number of nitrogens with zero attached hydrogens (tertiary/aromatic N) is 3. The van der Waals surface area contributed by atoms with Gasteiger partial charge in [0.2, 0.25) is 0 Å². The van der Waals surface area contributed by atoms with Crippen molar-refractivity contribution in [2.24, 2.45) is 5.92 Å². The largest absolute Gasteiger partial charge is 0.496 e. The Hall–Kier alpha value is -2.64. The summed E-state index contributed by atoms with van der Waals surface area (Å²) in [6.45, 7) is 6.76. The smallest absolute Gasteiger partial charge is 0.140 e. The molecule has 0 amide bonds. The van der Waals surface area contributed by atoms with E-state index in [1.165, 1.54) is 6.42 Å². The lowest BCUT2D eigenvalue weighted by Gasteiger charge is -2.40. The minimum absolute atomic E-state index is 0.263. The summed E-state index contributed by atoms with van der Waals surface area (Å²) in [4.78, 5) is 9.37. The lowest BCUT2D eigenvalue weighted by Crippen LogP contribution is -2.64. The lowest BCUT2D eigenvalue weighted by atomic mass is 9.95. The van der Waals surface area contributed by atoms with E-state index in [1.807, 2.05) is 41.1 Å². The van der Waals surface area contributed by atoms with E-state index in [2.05, 4.69) is 22.5 Å². The Balaban J connectivity index is 1.51. The van der Waals surface area contributed by atoms with Crippen molar-refractivity contribution in [3.8, 4) is 17.1 Å². The van der Waals surface area contributed by atoms with Crippen LogP contribution in [0.2, 0.25) is 0 Å². The molecule has 4 heterocycles. The van der Waals surface area contributed by atoms with Crippen LogP contribution >= 0.6 is 0 Å². The summed E-state index contributed by atoms with van der Waals surface area (Å²) in [5, 5.41) is 17.7. The Bertz CT molecular complexity index is 1080. The summed E-state index contributed by atoms with van der Waals surface area (Å²) in [6, 6.07) is 8.28. The normalized spacial score (nSPS) is 25.8. The van der Waals surface area contributed by atoms with Crippen molar-refractivity contribution >= 4 is 11.5 Å². The van der Waals surface area contributed by atoms with Crippen LogP contribution in [0.3, 0.4) is 0 Å². The third-order valence-corrected chi connectivity index (χ3v) is 6.44. The highest BCUT2D eigenvalue weighted by Gasteiger charge is 2.61. The van der Waals surface area contributed by atoms with Crippen LogP contribution in [-0.4, -0.2) is 44.7 Å². The standard InChI is InChI=1S/C22H27N5O2/c1-13-9-22(13)18(11-24-22)26-19-7-5-6-15(25-19)16-10-23-20-8-17(29-4)14(12-27(16)20)21(2,3)28/h5-8,10,12-13,18,24,28H,9,11H2,1-4H3,(H,25,26)/t13?,18-,22?/m1/s1. The van der Waals surface area contributed by atoms with E-state index in [4.69, 9.17) is 9.72 Å². The second-order valence-corrected chi connectivity index (χ2v) is 8.82. The molecule has 1 saturated carbocycles. The highest BCUT2D eigenvalue weighted by molar-refractivity contribution is 5.64. The van der Waals surface area contributed by atoms with Crippen LogP contribution < -0.4 is 15.4 Å². The molecule has 1 aliphatic heterocycles. The molecule has 152 valence electrons. The maximum absolute atomic E-state index is 10.6. The first-order valence-electron chi connectivity index (χ1n) is 10.1. The summed E-state index contributed by atoms with van der Waals surface area (Å²) in [7, 11) is 1.60. The summed E-state index contributed by atoms with van der Waals surface area (Å²) in [5.74, 6) is 2.21. The summed E-state index contributed by atoms with van der Waals surface area (Å²) in [5.41, 5.74) is 2.38. The van der Waals surface area contributed by atoms with E-state index in [1.54, 1.807) is 21.0 Å². The zero-order valence-corrected chi connectivity index (χ0v) is 17.2. The number of hydrogen-bond donors (Lipinski definition) is 3. The van der Waals surface area contributed by atoms with E-state index < -0.39 is 5.60 Å². The number of nitrogens with one attached hydrogen (secondary N) is 2. The van der Waals surface area contributed by atoms with Crippen molar-refractivity contribution in [3.05, 3.63) is 42.2 Å². The molecule has 1 saturated heterocycles. The van der Waals surface area contributed by atoms with Crippen LogP contribution in [-0.2, 0) is 5.60 Å². The highest BCUT2D eigenvalue weighted by Crippen LogP contribution is 2.50. The summed E-state index contributed by atoms with van der Waals surface area (Å²) < 4.78 is 7.42. The second-order valence-electron chi connectivity index (χ2n) is 8.82. The molecule has 3 atom stereocenters. The van der Waals surface area contributed by atoms with Gasteiger partial charge in [-0.05, 0) is 38.3 Å². The molecule has 0 aromatic carbocycles. The molecule has 3 N–H and O–H groups in total. The number of aliphatic hydroxyl groups is 1. The average Bonchev–Trinajstić information content (AvgIpc) is 3.23. The number of imidazole rings is 1. The molecule has 3 aromatic rings. The Kier molecular flexibility index (Phi) is 3.92. The molecular formula is C22H27N5O2. The van der Waals surface area contributed by atoms with Crippen LogP contribution in [0.1, 0.15) is 32.8 Å². The van der Waals surface area contributed by atoms with Crippen molar-refractivity contribution < 1.29 is 9.84 Å². The van der Waals surface area contributed by atoms with Crippen LogP contribution in [0.5, 0.6) is 5.75 Å². The number of aromatic nitrogens is 3. The maximum atomic E-state index is 10.6. The fourth-order valence-electron chi connectivity index (χ4n) is 4.49. The second kappa shape index (κ2) is 6.18. The number of ether oxygens (including phenoxy) is 1. The minimum Gasteiger partial charge on any atom is -0.496 e. The van der Waals surface area contributed by atoms with Crippen LogP contribution in [0.4, 0.5) is 5.82 Å². The van der Waals surface area contributed by atoms with Gasteiger partial charge in [-0.15, -0.1) is 0 Å². The molecule has 1 spiro atoms. The lowest BCUT2D eigenvalue weighted by molar-refractivity contribution is 0.0752. The zero-order chi connectivity index (χ0) is 20.4. The van der Waals surface area contributed by atoms with Gasteiger partial charge < -0.3 is 20.5 Å². The number of hydrogen-bond acceptors (Lipinski definition) is 6. The molecule has 1 aliphatic carbocycles. The van der Waals surface area contributed by atoms with Gasteiger partial charge in [-0.25, -0.2) is 9.97 Å². The van der Waals surface area contributed by atoms with Gasteiger partial charge in [-0.1, -0.05) is 13.0 Å². The van der Waals surface area contributed by atoms with Gasteiger partial charge in [0, 0.05) is 29.9 Å². The first-order valence-corrected chi connectivity index (χ1v) is 10.1. The molecule has 7 heteroatoms. The zero-order valence-electron chi connectivity index (χ0n) is 17.2. The van der Waals surface area contributed by atoms with Gasteiger partial charge >= 0.3 is 0 Å². The quantitative estimate of drug-likeness (QED) is 0.618. The molecule has 0 radical (unpaired) electrons. The van der Waals surface area contributed by atoms with E-state index in [0.717, 1.165) is 29.4 Å². The first-order chi connectivity index (χ1) is 13.8. The van der Waals surface area contributed by atoms with Gasteiger partial charge in [0.05, 0.1) is 36.3 Å². The van der Waals surface area contributed by atoms with E-state index in [-0.39, 0.29) is 5.54 Å². The fourth-order valence-corrected chi connectivity index (χ4v) is 4.49. The SMILES string of the molecule is COc1cc2ncc(-c3cccc(N[C@@H]4CNC45CC5C)n3)n2cc1C(C)(C)O. The molecule has 5 rings (SSSR count). The average molecular weight is 393 g/mol. The molecule has 3 aromatic heterocycles. The Labute approximate surface area is 170 Å². The predicted molar refractivity (Wildman–Crippen MR) is 112 cm³/mol. The summed E-state index contributed by atoms with van der Waals surface area (Å²) >= 11 is 0. The molecule has 7 nitrogen and oxygen atoms in total. The Morgan fingerprint density at radius 1 is 1.38 bits per heavy atom. The fraction of sp³-hybridized carbons (Fsp3) is 0.455. The summed E-state index contributed by atoms with van der Waals surface area (Å²) in [6.07, 6.45) is 4.92. The van der Waals surface area contributed by atoms with Gasteiger partial charge in [0.1, 0.15) is 17.2 Å². The number of fused-ring (bicyclic) bond motifs is 1. The van der Waals surface area contributed by atoms with Crippen molar-refractivity contribution in [1.29, 1.82) is 0 Å². The van der Waals surface area contributed by atoms with Gasteiger partial charge in [0.25, 0.3) is 0 Å². The molecule has 29 heavy (non-hydrogen) atoms. The molecule has 2 fully saturated rings. The number of anilines is 1. The highest BCUT2D eigenvalue weighted by atomic mass is 16.5. The van der Waals surface area contributed by atoms with Crippen LogP contribution in [0.25, 0.3) is 17.0 Å². The molecule has 2 unspecified atom stereocenters. The predicted octanol–water partition coefficient (Wildman–Crippen LogP) is 2.79. The minimum atomic E-state index is -1.04. The topological polar surface area (TPSA) is 83.7 Å². The number of pyridine rings is 2. The van der Waals surface area contributed by atoms with Crippen molar-refractivity contribution in [1.82, 2.24) is 19.7 Å². The van der Waals surface area contributed by atoms with E-state index in [9.17, 15) is 5.11 Å². The third kappa shape index (κ3) is 2.88. The van der Waals surface area contributed by atoms with Crippen molar-refractivity contribution in [2.45, 2.75) is 44.4 Å². The first kappa shape index (κ1) is 18.4. The number of rotatable bonds is 5. The Morgan fingerprint density at radius 3 is 2.79 bits per heavy atom. The van der Waals surface area contributed by atoms with Crippen LogP contribution in [0.15, 0.2) is 36.7 Å². The van der Waals surface area contributed by atoms with E-state index in [0.29, 0.717) is 23.3 Å². The van der Waals surface area contributed by atoms with Gasteiger partial charge in [0.15, 0.2) is 0 Å². The van der Waals surface area contributed by atoms with Gasteiger partial charge in [-0.3, -0.25) is 4.40 Å². The molecule has 2 aliphatic rings. The monoisotopic (exact) mass is 393 g/mol. The third-order valence-electron chi connectivity index (χ3n) is 6.44. The van der Waals surface area contributed by atoms with E-state index >= 15 is 0 Å². The van der Waals surface area contributed by atoms with Crippen molar-refractivity contribution in [3.63, 3.8) is 0 Å². The van der Waals surface area contributed by atoms with Gasteiger partial charge in [-0.2, -0.15) is 0 Å². The molecular weight excluding hydrogens is 366 g/mol. The maximum Gasteiger partial charge on any atom is 0.140 e. The van der Waals surface area contributed by atoms with Crippen molar-refractivity contribution in [2.75, 3.05) is 19.0 Å². The number of methoxy groups -OCH3 is 1. The Morgan fingerprint density at radius 2 is 2.17 bits per heavy atom. The molecule has 0 bridgehead atoms. The van der Waals surface area contributed by atoms with Crippen LogP contribution in [0, 0.1) is 5.92 Å².